The van der Waals surface area contributed by atoms with Crippen LogP contribution in [0.3, 0.4) is 0 Å². The van der Waals surface area contributed by atoms with Gasteiger partial charge in [0.1, 0.15) is 12.1 Å². The number of carboxylic acids is 1. The maximum atomic E-state index is 12.5. The van der Waals surface area contributed by atoms with Gasteiger partial charge in [0.25, 0.3) is 0 Å². The van der Waals surface area contributed by atoms with Gasteiger partial charge in [-0.15, -0.1) is 0 Å². The van der Waals surface area contributed by atoms with Gasteiger partial charge in [0.2, 0.25) is 0 Å². The predicted molar refractivity (Wildman–Crippen MR) is 104 cm³/mol. The van der Waals surface area contributed by atoms with Gasteiger partial charge in [-0.1, -0.05) is 6.07 Å². The number of urea groups is 1. The zero-order chi connectivity index (χ0) is 20.5. The molecule has 2 heterocycles. The number of hydrogen-bond acceptors (Lipinski definition) is 4. The summed E-state index contributed by atoms with van der Waals surface area (Å²) < 4.78 is 5.47. The number of anilines is 1. The fraction of sp³-hybridized carbons (Fsp3) is 0.550. The van der Waals surface area contributed by atoms with Gasteiger partial charge in [-0.05, 0) is 56.9 Å². The lowest BCUT2D eigenvalue weighted by molar-refractivity contribution is -0.137. The average molecular weight is 389 g/mol. The first-order valence-corrected chi connectivity index (χ1v) is 9.52. The standard InChI is InChI=1S/C20H27N3O5/c1-20(2,3)28-19(27)21-8-6-14-4-5-16(12-15(14)7-9-21)23-11-10-22(18(23)26)13-17(24)25/h4-5,12H,6-11,13H2,1-3H3,(H,24,25). The second-order valence-electron chi connectivity index (χ2n) is 8.17. The number of fused-ring (bicyclic) bond motifs is 1. The van der Waals surface area contributed by atoms with Crippen molar-refractivity contribution in [3.8, 4) is 0 Å². The van der Waals surface area contributed by atoms with Gasteiger partial charge in [-0.3, -0.25) is 9.69 Å². The molecule has 8 nitrogen and oxygen atoms in total. The number of ether oxygens (including phenoxy) is 1. The lowest BCUT2D eigenvalue weighted by Crippen LogP contribution is -2.38. The molecule has 2 aliphatic heterocycles. The van der Waals surface area contributed by atoms with E-state index in [0.29, 0.717) is 32.6 Å². The molecule has 1 aromatic carbocycles. The van der Waals surface area contributed by atoms with Crippen molar-refractivity contribution in [1.82, 2.24) is 9.80 Å². The van der Waals surface area contributed by atoms with E-state index in [2.05, 4.69) is 0 Å². The number of carbonyl (C=O) groups excluding carboxylic acids is 2. The summed E-state index contributed by atoms with van der Waals surface area (Å²) in [6.07, 6.45) is 1.11. The molecule has 0 spiro atoms. The smallest absolute Gasteiger partial charge is 0.410 e. The summed E-state index contributed by atoms with van der Waals surface area (Å²) in [5.74, 6) is -1.01. The molecule has 0 atom stereocenters. The number of carboxylic acid groups (broad SMARTS) is 1. The van der Waals surface area contributed by atoms with Crippen LogP contribution in [0.2, 0.25) is 0 Å². The van der Waals surface area contributed by atoms with Crippen molar-refractivity contribution in [2.75, 3.05) is 37.6 Å². The van der Waals surface area contributed by atoms with Gasteiger partial charge in [0.15, 0.2) is 0 Å². The Labute approximate surface area is 164 Å². The van der Waals surface area contributed by atoms with Gasteiger partial charge in [0, 0.05) is 31.9 Å². The predicted octanol–water partition coefficient (Wildman–Crippen LogP) is 2.35. The van der Waals surface area contributed by atoms with Crippen molar-refractivity contribution in [3.63, 3.8) is 0 Å². The summed E-state index contributed by atoms with van der Waals surface area (Å²) >= 11 is 0. The zero-order valence-electron chi connectivity index (χ0n) is 16.6. The molecule has 1 N–H and O–H groups in total. The molecule has 1 aromatic rings. The van der Waals surface area contributed by atoms with Crippen molar-refractivity contribution in [2.24, 2.45) is 0 Å². The molecule has 0 aromatic heterocycles. The molecule has 1 saturated heterocycles. The van der Waals surface area contributed by atoms with Crippen LogP contribution in [0.25, 0.3) is 0 Å². The Morgan fingerprint density at radius 1 is 1.07 bits per heavy atom. The maximum absolute atomic E-state index is 12.5. The molecule has 8 heteroatoms. The minimum atomic E-state index is -1.01. The molecule has 0 bridgehead atoms. The summed E-state index contributed by atoms with van der Waals surface area (Å²) in [5, 5.41) is 8.92. The fourth-order valence-corrected chi connectivity index (χ4v) is 3.52. The normalized spacial score (nSPS) is 17.4. The van der Waals surface area contributed by atoms with E-state index in [4.69, 9.17) is 9.84 Å². The van der Waals surface area contributed by atoms with Gasteiger partial charge >= 0.3 is 18.1 Å². The molecule has 28 heavy (non-hydrogen) atoms. The summed E-state index contributed by atoms with van der Waals surface area (Å²) in [7, 11) is 0. The Morgan fingerprint density at radius 2 is 1.75 bits per heavy atom. The van der Waals surface area contributed by atoms with Crippen molar-refractivity contribution >= 4 is 23.8 Å². The van der Waals surface area contributed by atoms with Crippen LogP contribution in [0.1, 0.15) is 31.9 Å². The molecule has 2 aliphatic rings. The van der Waals surface area contributed by atoms with Crippen LogP contribution in [0.15, 0.2) is 18.2 Å². The second kappa shape index (κ2) is 7.69. The highest BCUT2D eigenvalue weighted by Crippen LogP contribution is 2.26. The summed E-state index contributed by atoms with van der Waals surface area (Å²) in [6.45, 7) is 7.29. The summed E-state index contributed by atoms with van der Waals surface area (Å²) in [5.41, 5.74) is 2.50. The summed E-state index contributed by atoms with van der Waals surface area (Å²) in [6, 6.07) is 5.59. The Kier molecular flexibility index (Phi) is 5.49. The van der Waals surface area contributed by atoms with Crippen LogP contribution < -0.4 is 4.90 Å². The van der Waals surface area contributed by atoms with Crippen LogP contribution in [0.5, 0.6) is 0 Å². The van der Waals surface area contributed by atoms with E-state index in [0.717, 1.165) is 23.2 Å². The molecule has 3 amide bonds. The zero-order valence-corrected chi connectivity index (χ0v) is 16.6. The largest absolute Gasteiger partial charge is 0.480 e. The SMILES string of the molecule is CC(C)(C)OC(=O)N1CCc2ccc(N3CCN(CC(=O)O)C3=O)cc2CC1. The average Bonchev–Trinajstić information content (AvgIpc) is 2.82. The fourth-order valence-electron chi connectivity index (χ4n) is 3.52. The highest BCUT2D eigenvalue weighted by Gasteiger charge is 2.31. The molecular formula is C20H27N3O5. The molecule has 0 radical (unpaired) electrons. The molecule has 0 aliphatic carbocycles. The monoisotopic (exact) mass is 389 g/mol. The van der Waals surface area contributed by atoms with E-state index in [-0.39, 0.29) is 18.7 Å². The Hall–Kier alpha value is -2.77. The molecule has 152 valence electrons. The van der Waals surface area contributed by atoms with Crippen molar-refractivity contribution in [2.45, 2.75) is 39.2 Å². The van der Waals surface area contributed by atoms with E-state index in [1.807, 2.05) is 39.0 Å². The third-order valence-corrected chi connectivity index (χ3v) is 4.88. The quantitative estimate of drug-likeness (QED) is 0.857. The third kappa shape index (κ3) is 4.55. The van der Waals surface area contributed by atoms with Crippen molar-refractivity contribution in [1.29, 1.82) is 0 Å². The minimum absolute atomic E-state index is 0.286. The number of aliphatic carboxylic acids is 1. The summed E-state index contributed by atoms with van der Waals surface area (Å²) in [4.78, 5) is 40.4. The third-order valence-electron chi connectivity index (χ3n) is 4.88. The van der Waals surface area contributed by atoms with E-state index < -0.39 is 11.6 Å². The van der Waals surface area contributed by atoms with Crippen LogP contribution in [-0.4, -0.2) is 71.3 Å². The van der Waals surface area contributed by atoms with E-state index in [9.17, 15) is 14.4 Å². The number of amides is 3. The van der Waals surface area contributed by atoms with Crippen molar-refractivity contribution < 1.29 is 24.2 Å². The van der Waals surface area contributed by atoms with Crippen molar-refractivity contribution in [3.05, 3.63) is 29.3 Å². The number of nitrogens with zero attached hydrogens (tertiary/aromatic N) is 3. The lowest BCUT2D eigenvalue weighted by Gasteiger charge is -2.26. The number of hydrogen-bond donors (Lipinski definition) is 1. The van der Waals surface area contributed by atoms with E-state index >= 15 is 0 Å². The second-order valence-corrected chi connectivity index (χ2v) is 8.17. The maximum Gasteiger partial charge on any atom is 0.410 e. The number of rotatable bonds is 3. The molecule has 1 fully saturated rings. The van der Waals surface area contributed by atoms with Crippen LogP contribution in [0, 0.1) is 0 Å². The Bertz CT molecular complexity index is 787. The lowest BCUT2D eigenvalue weighted by atomic mass is 10.0. The Morgan fingerprint density at radius 3 is 2.39 bits per heavy atom. The number of benzene rings is 1. The molecule has 3 rings (SSSR count). The highest BCUT2D eigenvalue weighted by molar-refractivity contribution is 5.95. The highest BCUT2D eigenvalue weighted by atomic mass is 16.6. The van der Waals surface area contributed by atoms with Gasteiger partial charge in [-0.25, -0.2) is 9.59 Å². The van der Waals surface area contributed by atoms with E-state index in [1.54, 1.807) is 9.80 Å². The molecule has 0 saturated carbocycles. The van der Waals surface area contributed by atoms with E-state index in [1.165, 1.54) is 4.90 Å². The topological polar surface area (TPSA) is 90.4 Å². The van der Waals surface area contributed by atoms with Gasteiger partial charge in [-0.2, -0.15) is 0 Å². The first-order chi connectivity index (χ1) is 13.1. The first kappa shape index (κ1) is 20.0. The first-order valence-electron chi connectivity index (χ1n) is 9.52. The number of carbonyl (C=O) groups is 3. The minimum Gasteiger partial charge on any atom is -0.480 e. The van der Waals surface area contributed by atoms with Gasteiger partial charge in [0.05, 0.1) is 0 Å². The van der Waals surface area contributed by atoms with Gasteiger partial charge < -0.3 is 19.6 Å². The van der Waals surface area contributed by atoms with Crippen LogP contribution >= 0.6 is 0 Å². The Balaban J connectivity index is 1.70. The molecular weight excluding hydrogens is 362 g/mol. The van der Waals surface area contributed by atoms with Crippen LogP contribution in [-0.2, 0) is 22.4 Å². The molecule has 0 unspecified atom stereocenters. The van der Waals surface area contributed by atoms with Crippen LogP contribution in [0.4, 0.5) is 15.3 Å².